The fourth-order valence-corrected chi connectivity index (χ4v) is 3.91. The Balaban J connectivity index is 2.04. The largest absolute Gasteiger partial charge is 0.508 e. The third-order valence-corrected chi connectivity index (χ3v) is 5.47. The maximum Gasteiger partial charge on any atom is 0.350 e. The summed E-state index contributed by atoms with van der Waals surface area (Å²) in [5.74, 6) is 0.256. The molecule has 0 atom stereocenters. The summed E-state index contributed by atoms with van der Waals surface area (Å²) < 4.78 is 4.92. The highest BCUT2D eigenvalue weighted by molar-refractivity contribution is 5.89. The van der Waals surface area contributed by atoms with Crippen LogP contribution in [0.1, 0.15) is 45.2 Å². The van der Waals surface area contributed by atoms with Crippen LogP contribution in [0.5, 0.6) is 11.5 Å². The molecule has 2 aromatic carbocycles. The van der Waals surface area contributed by atoms with Gasteiger partial charge in [0.1, 0.15) is 11.5 Å². The Hall–Kier alpha value is -3.48. The lowest BCUT2D eigenvalue weighted by Crippen LogP contribution is -2.21. The average Bonchev–Trinajstić information content (AvgIpc) is 3.23. The van der Waals surface area contributed by atoms with E-state index in [9.17, 15) is 15.0 Å². The maximum atomic E-state index is 13.1. The Kier molecular flexibility index (Phi) is 4.68. The van der Waals surface area contributed by atoms with Gasteiger partial charge in [0.15, 0.2) is 5.82 Å². The normalized spacial score (nSPS) is 11.8. The number of fused-ring (bicyclic) bond motifs is 1. The van der Waals surface area contributed by atoms with Crippen molar-refractivity contribution >= 4 is 10.9 Å². The lowest BCUT2D eigenvalue weighted by Gasteiger charge is -2.14. The summed E-state index contributed by atoms with van der Waals surface area (Å²) in [7, 11) is 1.59. The van der Waals surface area contributed by atoms with Crippen LogP contribution in [0.4, 0.5) is 0 Å². The van der Waals surface area contributed by atoms with E-state index in [2.05, 4.69) is 23.5 Å². The highest BCUT2D eigenvalue weighted by Crippen LogP contribution is 2.38. The van der Waals surface area contributed by atoms with Gasteiger partial charge in [-0.05, 0) is 49.6 Å². The molecule has 0 saturated carbocycles. The van der Waals surface area contributed by atoms with E-state index in [-0.39, 0.29) is 29.1 Å². The van der Waals surface area contributed by atoms with Crippen LogP contribution in [0.3, 0.4) is 0 Å². The first-order valence-corrected chi connectivity index (χ1v) is 10.0. The molecule has 4 rings (SSSR count). The van der Waals surface area contributed by atoms with Gasteiger partial charge in [-0.3, -0.25) is 0 Å². The summed E-state index contributed by atoms with van der Waals surface area (Å²) in [6.45, 7) is 8.12. The minimum atomic E-state index is -0.312. The van der Waals surface area contributed by atoms with Gasteiger partial charge in [0.25, 0.3) is 0 Å². The highest BCUT2D eigenvalue weighted by Gasteiger charge is 2.22. The average molecular weight is 406 g/mol. The zero-order valence-electron chi connectivity index (χ0n) is 17.8. The quantitative estimate of drug-likeness (QED) is 0.529. The van der Waals surface area contributed by atoms with Crippen molar-refractivity contribution in [1.82, 2.24) is 18.9 Å². The second-order valence-electron chi connectivity index (χ2n) is 8.17. The summed E-state index contributed by atoms with van der Waals surface area (Å²) in [5.41, 5.74) is 2.47. The number of rotatable bonds is 4. The van der Waals surface area contributed by atoms with Crippen molar-refractivity contribution in [1.29, 1.82) is 0 Å². The van der Waals surface area contributed by atoms with Crippen LogP contribution in [-0.4, -0.2) is 29.1 Å². The van der Waals surface area contributed by atoms with Crippen LogP contribution in [0, 0.1) is 0 Å². The van der Waals surface area contributed by atoms with Crippen LogP contribution in [0.2, 0.25) is 0 Å². The number of phenolic OH excluding ortho intramolecular Hbond substituents is 2. The number of hydrogen-bond acceptors (Lipinski definition) is 4. The maximum absolute atomic E-state index is 13.1. The number of aromatic hydroxyl groups is 2. The molecule has 0 saturated heterocycles. The van der Waals surface area contributed by atoms with Gasteiger partial charge in [-0.15, -0.1) is 5.10 Å². The summed E-state index contributed by atoms with van der Waals surface area (Å²) >= 11 is 0. The Morgan fingerprint density at radius 1 is 1.00 bits per heavy atom. The Labute approximate surface area is 174 Å². The Morgan fingerprint density at radius 2 is 1.73 bits per heavy atom. The van der Waals surface area contributed by atoms with Gasteiger partial charge in [-0.25, -0.2) is 14.0 Å². The van der Waals surface area contributed by atoms with E-state index in [1.165, 1.54) is 15.3 Å². The van der Waals surface area contributed by atoms with Crippen LogP contribution < -0.4 is 5.69 Å². The molecule has 0 aliphatic carbocycles. The first-order valence-electron chi connectivity index (χ1n) is 10.0. The third kappa shape index (κ3) is 2.98. The summed E-state index contributed by atoms with van der Waals surface area (Å²) in [6.07, 6.45) is 2.01. The van der Waals surface area contributed by atoms with Gasteiger partial charge in [-0.1, -0.05) is 19.9 Å². The van der Waals surface area contributed by atoms with E-state index in [0.717, 1.165) is 10.9 Å². The monoisotopic (exact) mass is 406 g/mol. The minimum absolute atomic E-state index is 0.0205. The van der Waals surface area contributed by atoms with Crippen LogP contribution in [0.15, 0.2) is 47.4 Å². The zero-order valence-corrected chi connectivity index (χ0v) is 17.8. The summed E-state index contributed by atoms with van der Waals surface area (Å²) in [5, 5.41) is 26.1. The molecular weight excluding hydrogens is 380 g/mol. The second kappa shape index (κ2) is 7.09. The van der Waals surface area contributed by atoms with Gasteiger partial charge in [0.2, 0.25) is 0 Å². The van der Waals surface area contributed by atoms with Crippen LogP contribution in [0.25, 0.3) is 28.0 Å². The van der Waals surface area contributed by atoms with E-state index in [1.54, 1.807) is 13.1 Å². The molecule has 7 heteroatoms. The Morgan fingerprint density at radius 3 is 2.40 bits per heavy atom. The van der Waals surface area contributed by atoms with E-state index < -0.39 is 0 Å². The molecule has 7 nitrogen and oxygen atoms in total. The molecular formula is C23H26N4O3. The summed E-state index contributed by atoms with van der Waals surface area (Å²) in [6, 6.07) is 11.1. The molecule has 0 fully saturated rings. The number of phenols is 2. The fraction of sp³-hybridized carbons (Fsp3) is 0.304. The van der Waals surface area contributed by atoms with E-state index in [0.29, 0.717) is 22.6 Å². The SMILES string of the molecule is CC(C)c1cc(-c2nn(C)c(=O)n2-c2cccc3c2ccn3C(C)C)c(O)cc1O. The second-order valence-corrected chi connectivity index (χ2v) is 8.17. The van der Waals surface area contributed by atoms with Crippen molar-refractivity contribution in [3.8, 4) is 28.6 Å². The number of aryl methyl sites for hydroxylation is 1. The van der Waals surface area contributed by atoms with E-state index in [1.807, 2.05) is 44.3 Å². The highest BCUT2D eigenvalue weighted by atomic mass is 16.3. The van der Waals surface area contributed by atoms with Crippen molar-refractivity contribution in [2.24, 2.45) is 7.05 Å². The first kappa shape index (κ1) is 19.8. The lowest BCUT2D eigenvalue weighted by molar-refractivity contribution is 0.444. The standard InChI is InChI=1S/C23H26N4O3/c1-13(2)16-11-17(21(29)12-20(16)28)22-24-25(5)23(30)27(22)19-8-6-7-18-15(19)9-10-26(18)14(3)4/h6-14,28-29H,1-5H3. The van der Waals surface area contributed by atoms with Crippen molar-refractivity contribution in [3.05, 3.63) is 58.6 Å². The molecule has 0 bridgehead atoms. The molecule has 0 aliphatic rings. The molecule has 0 amide bonds. The number of nitrogens with zero attached hydrogens (tertiary/aromatic N) is 4. The fourth-order valence-electron chi connectivity index (χ4n) is 3.91. The molecule has 0 unspecified atom stereocenters. The van der Waals surface area contributed by atoms with Gasteiger partial charge >= 0.3 is 5.69 Å². The van der Waals surface area contributed by atoms with Gasteiger partial charge in [0, 0.05) is 30.7 Å². The number of aromatic nitrogens is 4. The van der Waals surface area contributed by atoms with Gasteiger partial charge in [0.05, 0.1) is 16.8 Å². The van der Waals surface area contributed by atoms with Gasteiger partial charge < -0.3 is 14.8 Å². The van der Waals surface area contributed by atoms with Crippen molar-refractivity contribution < 1.29 is 10.2 Å². The molecule has 0 spiro atoms. The molecule has 2 N–H and O–H groups in total. The Bertz CT molecular complexity index is 1310. The molecule has 2 heterocycles. The topological polar surface area (TPSA) is 85.2 Å². The predicted octanol–water partition coefficient (Wildman–Crippen LogP) is 4.31. The predicted molar refractivity (Wildman–Crippen MR) is 118 cm³/mol. The van der Waals surface area contributed by atoms with E-state index in [4.69, 9.17) is 0 Å². The van der Waals surface area contributed by atoms with Crippen LogP contribution >= 0.6 is 0 Å². The molecule has 0 aliphatic heterocycles. The van der Waals surface area contributed by atoms with Gasteiger partial charge in [-0.2, -0.15) is 0 Å². The number of benzene rings is 2. The number of hydrogen-bond donors (Lipinski definition) is 2. The minimum Gasteiger partial charge on any atom is -0.508 e. The third-order valence-electron chi connectivity index (χ3n) is 5.47. The van der Waals surface area contributed by atoms with Crippen molar-refractivity contribution in [2.75, 3.05) is 0 Å². The molecule has 2 aromatic heterocycles. The zero-order chi connectivity index (χ0) is 21.7. The molecule has 4 aromatic rings. The van der Waals surface area contributed by atoms with E-state index >= 15 is 0 Å². The molecule has 30 heavy (non-hydrogen) atoms. The molecule has 156 valence electrons. The lowest BCUT2D eigenvalue weighted by atomic mass is 9.98. The smallest absolute Gasteiger partial charge is 0.350 e. The van der Waals surface area contributed by atoms with Crippen molar-refractivity contribution in [2.45, 2.75) is 39.7 Å². The van der Waals surface area contributed by atoms with Crippen molar-refractivity contribution in [3.63, 3.8) is 0 Å². The first-order chi connectivity index (χ1) is 14.2. The molecule has 0 radical (unpaired) electrons. The van der Waals surface area contributed by atoms with Crippen LogP contribution in [-0.2, 0) is 7.05 Å². The summed E-state index contributed by atoms with van der Waals surface area (Å²) in [4.78, 5) is 13.1.